The molecule has 1 atom stereocenters. The van der Waals surface area contributed by atoms with Gasteiger partial charge in [-0.2, -0.15) is 13.2 Å². The van der Waals surface area contributed by atoms with Crippen molar-refractivity contribution in [3.05, 3.63) is 35.1 Å². The highest BCUT2D eigenvalue weighted by molar-refractivity contribution is 5.94. The highest BCUT2D eigenvalue weighted by Gasteiger charge is 2.35. The monoisotopic (exact) mass is 347 g/mol. The van der Waals surface area contributed by atoms with Gasteiger partial charge in [-0.05, 0) is 43.4 Å². The molecule has 1 aliphatic rings. The molecule has 1 fully saturated rings. The number of halogens is 4. The molecule has 0 aromatic heterocycles. The average Bonchev–Trinajstić information content (AvgIpc) is 2.71. The van der Waals surface area contributed by atoms with Crippen LogP contribution in [0.4, 0.5) is 17.6 Å². The van der Waals surface area contributed by atoms with Crippen molar-refractivity contribution in [3.63, 3.8) is 0 Å². The van der Waals surface area contributed by atoms with Crippen LogP contribution >= 0.6 is 0 Å². The number of alkyl halides is 3. The molecule has 0 spiro atoms. The lowest BCUT2D eigenvalue weighted by Crippen LogP contribution is -2.32. The Morgan fingerprint density at radius 2 is 1.92 bits per heavy atom. The first-order valence-electron chi connectivity index (χ1n) is 7.56. The Hall–Kier alpha value is -2.12. The summed E-state index contributed by atoms with van der Waals surface area (Å²) in [6.45, 7) is 0.614. The second kappa shape index (κ2) is 7.19. The molecule has 1 aromatic rings. The summed E-state index contributed by atoms with van der Waals surface area (Å²) < 4.78 is 51.6. The van der Waals surface area contributed by atoms with Crippen LogP contribution in [0.1, 0.15) is 41.6 Å². The molecule has 0 saturated carbocycles. The molecule has 0 unspecified atom stereocenters. The fourth-order valence-electron chi connectivity index (χ4n) is 2.88. The summed E-state index contributed by atoms with van der Waals surface area (Å²) >= 11 is 0. The van der Waals surface area contributed by atoms with Crippen LogP contribution in [0.5, 0.6) is 0 Å². The maximum atomic E-state index is 13.3. The molecule has 4 nitrogen and oxygen atoms in total. The van der Waals surface area contributed by atoms with E-state index in [1.807, 2.05) is 0 Å². The van der Waals surface area contributed by atoms with Gasteiger partial charge in [0.25, 0.3) is 5.91 Å². The van der Waals surface area contributed by atoms with E-state index in [-0.39, 0.29) is 24.4 Å². The van der Waals surface area contributed by atoms with Gasteiger partial charge in [-0.15, -0.1) is 0 Å². The molecular formula is C16H17F4NO3. The van der Waals surface area contributed by atoms with Gasteiger partial charge in [0.1, 0.15) is 5.82 Å². The SMILES string of the molecule is O=C(O)C[C@@H]1CCCN(C(=O)c2ccc(F)c(C(F)(F)F)c2)CC1. The number of hydrogen-bond donors (Lipinski definition) is 1. The van der Waals surface area contributed by atoms with Crippen LogP contribution in [0.2, 0.25) is 0 Å². The molecule has 0 aliphatic carbocycles. The number of amides is 1. The predicted octanol–water partition coefficient (Wildman–Crippen LogP) is 3.56. The van der Waals surface area contributed by atoms with Crippen LogP contribution < -0.4 is 0 Å². The number of carbonyl (C=O) groups is 2. The normalized spacial score (nSPS) is 19.0. The first-order valence-corrected chi connectivity index (χ1v) is 7.56. The molecule has 24 heavy (non-hydrogen) atoms. The summed E-state index contributed by atoms with van der Waals surface area (Å²) in [5, 5.41) is 8.82. The molecule has 1 amide bonds. The number of aliphatic carboxylic acids is 1. The topological polar surface area (TPSA) is 57.6 Å². The number of benzene rings is 1. The smallest absolute Gasteiger partial charge is 0.419 e. The Kier molecular flexibility index (Phi) is 5.46. The largest absolute Gasteiger partial charge is 0.481 e. The molecule has 1 N–H and O–H groups in total. The lowest BCUT2D eigenvalue weighted by atomic mass is 9.97. The van der Waals surface area contributed by atoms with Gasteiger partial charge < -0.3 is 10.0 Å². The summed E-state index contributed by atoms with van der Waals surface area (Å²) in [6.07, 6.45) is -3.15. The third-order valence-corrected chi connectivity index (χ3v) is 4.12. The molecule has 1 aromatic carbocycles. The quantitative estimate of drug-likeness (QED) is 0.851. The van der Waals surface area contributed by atoms with Crippen molar-refractivity contribution in [1.82, 2.24) is 4.90 Å². The predicted molar refractivity (Wildman–Crippen MR) is 76.9 cm³/mol. The highest BCUT2D eigenvalue weighted by atomic mass is 19.4. The minimum Gasteiger partial charge on any atom is -0.481 e. The van der Waals surface area contributed by atoms with Crippen LogP contribution in [0, 0.1) is 11.7 Å². The minimum atomic E-state index is -4.87. The van der Waals surface area contributed by atoms with Gasteiger partial charge in [0, 0.05) is 25.1 Å². The Balaban J connectivity index is 2.13. The average molecular weight is 347 g/mol. The molecule has 1 heterocycles. The lowest BCUT2D eigenvalue weighted by molar-refractivity contribution is -0.140. The van der Waals surface area contributed by atoms with Crippen molar-refractivity contribution in [2.75, 3.05) is 13.1 Å². The summed E-state index contributed by atoms with van der Waals surface area (Å²) in [7, 11) is 0. The summed E-state index contributed by atoms with van der Waals surface area (Å²) in [5.74, 6) is -2.99. The van der Waals surface area contributed by atoms with Gasteiger partial charge in [-0.3, -0.25) is 9.59 Å². The van der Waals surface area contributed by atoms with Gasteiger partial charge in [0.2, 0.25) is 0 Å². The number of likely N-dealkylation sites (tertiary alicyclic amines) is 1. The Labute approximate surface area is 136 Å². The number of carboxylic acid groups (broad SMARTS) is 1. The molecule has 0 bridgehead atoms. The van der Waals surface area contributed by atoms with Gasteiger partial charge in [0.15, 0.2) is 0 Å². The zero-order chi connectivity index (χ0) is 17.9. The fourth-order valence-corrected chi connectivity index (χ4v) is 2.88. The Morgan fingerprint density at radius 3 is 2.54 bits per heavy atom. The van der Waals surface area contributed by atoms with Crippen molar-refractivity contribution in [2.45, 2.75) is 31.9 Å². The lowest BCUT2D eigenvalue weighted by Gasteiger charge is -2.21. The maximum absolute atomic E-state index is 13.3. The third-order valence-electron chi connectivity index (χ3n) is 4.12. The zero-order valence-corrected chi connectivity index (χ0v) is 12.8. The fraction of sp³-hybridized carbons (Fsp3) is 0.500. The van der Waals surface area contributed by atoms with Crippen LogP contribution in [0.25, 0.3) is 0 Å². The minimum absolute atomic E-state index is 0.0107. The van der Waals surface area contributed by atoms with Crippen molar-refractivity contribution in [2.24, 2.45) is 5.92 Å². The van der Waals surface area contributed by atoms with Crippen LogP contribution in [0.3, 0.4) is 0 Å². The van der Waals surface area contributed by atoms with E-state index in [2.05, 4.69) is 0 Å². The Morgan fingerprint density at radius 1 is 1.21 bits per heavy atom. The summed E-state index contributed by atoms with van der Waals surface area (Å²) in [5.41, 5.74) is -1.69. The maximum Gasteiger partial charge on any atom is 0.419 e. The first-order chi connectivity index (χ1) is 11.2. The van der Waals surface area contributed by atoms with E-state index in [9.17, 15) is 27.2 Å². The van der Waals surface area contributed by atoms with Crippen LogP contribution in [-0.4, -0.2) is 35.0 Å². The van der Waals surface area contributed by atoms with E-state index in [1.165, 1.54) is 4.90 Å². The van der Waals surface area contributed by atoms with E-state index in [4.69, 9.17) is 5.11 Å². The highest BCUT2D eigenvalue weighted by Crippen LogP contribution is 2.32. The summed E-state index contributed by atoms with van der Waals surface area (Å²) in [4.78, 5) is 24.5. The second-order valence-corrected chi connectivity index (χ2v) is 5.88. The molecule has 1 aliphatic heterocycles. The van der Waals surface area contributed by atoms with Crippen molar-refractivity contribution >= 4 is 11.9 Å². The van der Waals surface area contributed by atoms with Gasteiger partial charge in [-0.25, -0.2) is 4.39 Å². The second-order valence-electron chi connectivity index (χ2n) is 5.88. The van der Waals surface area contributed by atoms with E-state index < -0.39 is 29.4 Å². The van der Waals surface area contributed by atoms with Crippen molar-refractivity contribution in [3.8, 4) is 0 Å². The molecule has 1 saturated heterocycles. The van der Waals surface area contributed by atoms with Gasteiger partial charge >= 0.3 is 12.1 Å². The number of carbonyl (C=O) groups excluding carboxylic acids is 1. The molecule has 132 valence electrons. The van der Waals surface area contributed by atoms with Gasteiger partial charge in [-0.1, -0.05) is 0 Å². The number of carboxylic acids is 1. The van der Waals surface area contributed by atoms with E-state index in [1.54, 1.807) is 0 Å². The van der Waals surface area contributed by atoms with Crippen molar-refractivity contribution < 1.29 is 32.3 Å². The zero-order valence-electron chi connectivity index (χ0n) is 12.8. The van der Waals surface area contributed by atoms with E-state index >= 15 is 0 Å². The van der Waals surface area contributed by atoms with Crippen LogP contribution in [0.15, 0.2) is 18.2 Å². The van der Waals surface area contributed by atoms with E-state index in [0.717, 1.165) is 6.07 Å². The standard InChI is InChI=1S/C16H17F4NO3/c17-13-4-3-11(9-12(13)16(18,19)20)15(24)21-6-1-2-10(5-7-21)8-14(22)23/h3-4,9-10H,1-2,5-8H2,(H,22,23)/t10-/m1/s1. The van der Waals surface area contributed by atoms with E-state index in [0.29, 0.717) is 37.9 Å². The molecule has 8 heteroatoms. The first kappa shape index (κ1) is 18.2. The number of hydrogen-bond acceptors (Lipinski definition) is 2. The van der Waals surface area contributed by atoms with Gasteiger partial charge in [0.05, 0.1) is 5.56 Å². The molecule has 2 rings (SSSR count). The van der Waals surface area contributed by atoms with Crippen LogP contribution in [-0.2, 0) is 11.0 Å². The van der Waals surface area contributed by atoms with Crippen molar-refractivity contribution in [1.29, 1.82) is 0 Å². The number of nitrogens with zero attached hydrogens (tertiary/aromatic N) is 1. The molecule has 0 radical (unpaired) electrons. The number of rotatable bonds is 3. The molecular weight excluding hydrogens is 330 g/mol. The summed E-state index contributed by atoms with van der Waals surface area (Å²) in [6, 6.07) is 2.20. The Bertz CT molecular complexity index is 630. The third kappa shape index (κ3) is 4.46.